The van der Waals surface area contributed by atoms with E-state index in [9.17, 15) is 14.3 Å². The van der Waals surface area contributed by atoms with Crippen LogP contribution in [0, 0.1) is 0 Å². The molecule has 0 spiro atoms. The number of carbonyl (C=O) groups excluding carboxylic acids is 1. The fraction of sp³-hybridized carbons (Fsp3) is 0.462. The molecule has 0 saturated carbocycles. The lowest BCUT2D eigenvalue weighted by molar-refractivity contribution is -0.128. The summed E-state index contributed by atoms with van der Waals surface area (Å²) in [5.74, 6) is -0.336. The zero-order chi connectivity index (χ0) is 12.2. The van der Waals surface area contributed by atoms with E-state index in [4.69, 9.17) is 0 Å². The van der Waals surface area contributed by atoms with Crippen molar-refractivity contribution in [2.24, 2.45) is 0 Å². The summed E-state index contributed by atoms with van der Waals surface area (Å²) in [7, 11) is 0. The number of carbonyl (C=O) groups is 1. The van der Waals surface area contributed by atoms with Crippen LogP contribution in [-0.2, 0) is 11.2 Å². The summed E-state index contributed by atoms with van der Waals surface area (Å²) >= 11 is 0. The molecule has 2 nitrogen and oxygen atoms in total. The van der Waals surface area contributed by atoms with E-state index >= 15 is 0 Å². The molecule has 1 rings (SSSR count). The Morgan fingerprint density at radius 1 is 1.38 bits per heavy atom. The highest BCUT2D eigenvalue weighted by Gasteiger charge is 2.25. The van der Waals surface area contributed by atoms with Crippen molar-refractivity contribution in [2.75, 3.05) is 0 Å². The lowest BCUT2D eigenvalue weighted by Gasteiger charge is -2.17. The number of aliphatic hydroxyl groups is 1. The number of aliphatic hydroxyl groups excluding tert-OH is 1. The predicted octanol–water partition coefficient (Wildman–Crippen LogP) is 2.30. The highest BCUT2D eigenvalue weighted by Crippen LogP contribution is 2.17. The Labute approximate surface area is 95.1 Å². The van der Waals surface area contributed by atoms with E-state index in [1.165, 1.54) is 13.8 Å². The van der Waals surface area contributed by atoms with E-state index in [2.05, 4.69) is 0 Å². The maximum Gasteiger partial charge on any atom is 0.165 e. The van der Waals surface area contributed by atoms with Crippen LogP contribution in [-0.4, -0.2) is 22.7 Å². The third-order valence-electron chi connectivity index (χ3n) is 2.27. The molecule has 0 saturated heterocycles. The second-order valence-corrected chi connectivity index (χ2v) is 4.57. The van der Waals surface area contributed by atoms with Crippen molar-refractivity contribution in [1.82, 2.24) is 0 Å². The molecule has 0 aliphatic heterocycles. The molecular weight excluding hydrogens is 207 g/mol. The van der Waals surface area contributed by atoms with Crippen LogP contribution in [0.1, 0.15) is 25.8 Å². The Morgan fingerprint density at radius 2 is 1.94 bits per heavy atom. The minimum absolute atomic E-state index is 0.151. The summed E-state index contributed by atoms with van der Waals surface area (Å²) in [6, 6.07) is 9.13. The van der Waals surface area contributed by atoms with E-state index in [0.717, 1.165) is 5.56 Å². The highest BCUT2D eigenvalue weighted by molar-refractivity contribution is 5.85. The van der Waals surface area contributed by atoms with Crippen molar-refractivity contribution >= 4 is 5.78 Å². The first-order valence-corrected chi connectivity index (χ1v) is 5.32. The molecule has 1 aromatic rings. The van der Waals surface area contributed by atoms with Crippen LogP contribution in [0.3, 0.4) is 0 Å². The molecule has 16 heavy (non-hydrogen) atoms. The third-order valence-corrected chi connectivity index (χ3v) is 2.27. The van der Waals surface area contributed by atoms with Crippen molar-refractivity contribution in [3.8, 4) is 0 Å². The largest absolute Gasteiger partial charge is 0.385 e. The second-order valence-electron chi connectivity index (χ2n) is 4.57. The summed E-state index contributed by atoms with van der Waals surface area (Å²) in [6.07, 6.45) is -1.23. The molecule has 0 radical (unpaired) electrons. The number of alkyl halides is 1. The number of hydrogen-bond donors (Lipinski definition) is 1. The van der Waals surface area contributed by atoms with Gasteiger partial charge in [0.2, 0.25) is 0 Å². The Balaban J connectivity index is 2.53. The monoisotopic (exact) mass is 224 g/mol. The first kappa shape index (κ1) is 12.8. The number of halogens is 1. The average Bonchev–Trinajstić information content (AvgIpc) is 2.16. The molecule has 0 bridgehead atoms. The molecule has 3 heteroatoms. The van der Waals surface area contributed by atoms with E-state index in [-0.39, 0.29) is 18.6 Å². The summed E-state index contributed by atoms with van der Waals surface area (Å²) in [5.41, 5.74) is -0.686. The summed E-state index contributed by atoms with van der Waals surface area (Å²) in [6.45, 7) is 2.71. The Morgan fingerprint density at radius 3 is 2.44 bits per heavy atom. The topological polar surface area (TPSA) is 37.3 Å². The molecule has 1 unspecified atom stereocenters. The highest BCUT2D eigenvalue weighted by atomic mass is 19.1. The van der Waals surface area contributed by atoms with E-state index in [1.54, 1.807) is 0 Å². The second kappa shape index (κ2) is 5.21. The van der Waals surface area contributed by atoms with Gasteiger partial charge < -0.3 is 5.11 Å². The standard InChI is InChI=1S/C13H17FO2/c1-13(2,14)9-12(16)11(15)8-10-6-4-3-5-7-10/h3-7,12,16H,8-9H2,1-2H3. The maximum absolute atomic E-state index is 13.2. The van der Waals surface area contributed by atoms with Gasteiger partial charge in [0.1, 0.15) is 11.8 Å². The lowest BCUT2D eigenvalue weighted by Crippen LogP contribution is -2.29. The van der Waals surface area contributed by atoms with Gasteiger partial charge in [0.05, 0.1) is 0 Å². The molecule has 0 aliphatic rings. The van der Waals surface area contributed by atoms with Crippen LogP contribution in [0.4, 0.5) is 4.39 Å². The zero-order valence-electron chi connectivity index (χ0n) is 9.61. The molecule has 0 amide bonds. The van der Waals surface area contributed by atoms with Gasteiger partial charge in [-0.15, -0.1) is 0 Å². The van der Waals surface area contributed by atoms with Gasteiger partial charge >= 0.3 is 0 Å². The smallest absolute Gasteiger partial charge is 0.165 e. The molecule has 1 N–H and O–H groups in total. The fourth-order valence-electron chi connectivity index (χ4n) is 1.49. The Hall–Kier alpha value is -1.22. The van der Waals surface area contributed by atoms with Crippen molar-refractivity contribution in [3.63, 3.8) is 0 Å². The first-order chi connectivity index (χ1) is 7.38. The molecule has 1 aromatic carbocycles. The van der Waals surface area contributed by atoms with Crippen LogP contribution in [0.2, 0.25) is 0 Å². The molecule has 0 fully saturated rings. The molecule has 88 valence electrons. The van der Waals surface area contributed by atoms with Crippen molar-refractivity contribution in [3.05, 3.63) is 35.9 Å². The van der Waals surface area contributed by atoms with E-state index in [0.29, 0.717) is 0 Å². The van der Waals surface area contributed by atoms with Crippen LogP contribution in [0.15, 0.2) is 30.3 Å². The third kappa shape index (κ3) is 4.53. The quantitative estimate of drug-likeness (QED) is 0.833. The maximum atomic E-state index is 13.2. The zero-order valence-corrected chi connectivity index (χ0v) is 9.61. The lowest BCUT2D eigenvalue weighted by atomic mass is 9.97. The van der Waals surface area contributed by atoms with Gasteiger partial charge in [-0.2, -0.15) is 0 Å². The minimum atomic E-state index is -1.52. The molecular formula is C13H17FO2. The molecule has 0 heterocycles. The average molecular weight is 224 g/mol. The SMILES string of the molecule is CC(C)(F)CC(O)C(=O)Cc1ccccc1. The van der Waals surface area contributed by atoms with Crippen molar-refractivity contribution in [1.29, 1.82) is 0 Å². The van der Waals surface area contributed by atoms with Crippen LogP contribution >= 0.6 is 0 Å². The van der Waals surface area contributed by atoms with Gasteiger partial charge in [0, 0.05) is 12.8 Å². The molecule has 1 atom stereocenters. The Bertz CT molecular complexity index is 341. The van der Waals surface area contributed by atoms with Crippen LogP contribution in [0.5, 0.6) is 0 Å². The van der Waals surface area contributed by atoms with Gasteiger partial charge in [-0.05, 0) is 19.4 Å². The molecule has 0 aliphatic carbocycles. The summed E-state index contributed by atoms with van der Waals surface area (Å²) < 4.78 is 13.2. The number of hydrogen-bond acceptors (Lipinski definition) is 2. The summed E-state index contributed by atoms with van der Waals surface area (Å²) in [4.78, 5) is 11.6. The fourth-order valence-corrected chi connectivity index (χ4v) is 1.49. The number of rotatable bonds is 5. The first-order valence-electron chi connectivity index (χ1n) is 5.32. The van der Waals surface area contributed by atoms with Crippen molar-refractivity contribution in [2.45, 2.75) is 38.5 Å². The predicted molar refractivity (Wildman–Crippen MR) is 61.0 cm³/mol. The van der Waals surface area contributed by atoms with Crippen LogP contribution < -0.4 is 0 Å². The minimum Gasteiger partial charge on any atom is -0.385 e. The number of Topliss-reactive ketones (excluding diaryl/α,β-unsaturated/α-hetero) is 1. The normalized spacial score (nSPS) is 13.5. The number of ketones is 1. The van der Waals surface area contributed by atoms with Gasteiger partial charge in [0.15, 0.2) is 5.78 Å². The van der Waals surface area contributed by atoms with Gasteiger partial charge in [-0.3, -0.25) is 4.79 Å². The Kier molecular flexibility index (Phi) is 4.19. The van der Waals surface area contributed by atoms with E-state index in [1.807, 2.05) is 30.3 Å². The van der Waals surface area contributed by atoms with E-state index < -0.39 is 11.8 Å². The summed E-state index contributed by atoms with van der Waals surface area (Å²) in [5, 5.41) is 9.53. The van der Waals surface area contributed by atoms with Gasteiger partial charge in [-0.1, -0.05) is 30.3 Å². The van der Waals surface area contributed by atoms with Gasteiger partial charge in [-0.25, -0.2) is 4.39 Å². The van der Waals surface area contributed by atoms with Crippen LogP contribution in [0.25, 0.3) is 0 Å². The number of benzene rings is 1. The van der Waals surface area contributed by atoms with Crippen molar-refractivity contribution < 1.29 is 14.3 Å². The molecule has 0 aromatic heterocycles. The van der Waals surface area contributed by atoms with Gasteiger partial charge in [0.25, 0.3) is 0 Å².